The van der Waals surface area contributed by atoms with Gasteiger partial charge in [0.25, 0.3) is 0 Å². The fraction of sp³-hybridized carbons (Fsp3) is 0.714. The highest BCUT2D eigenvalue weighted by atomic mass is 16.3. The van der Waals surface area contributed by atoms with E-state index in [1.165, 1.54) is 5.57 Å². The van der Waals surface area contributed by atoms with Crippen molar-refractivity contribution in [2.24, 2.45) is 11.8 Å². The molecule has 0 bridgehead atoms. The minimum atomic E-state index is -0.246. The lowest BCUT2D eigenvalue weighted by atomic mass is 9.73. The molecular weight excluding hydrogens is 200 g/mol. The van der Waals surface area contributed by atoms with Crippen LogP contribution < -0.4 is 0 Å². The van der Waals surface area contributed by atoms with Gasteiger partial charge in [0.2, 0.25) is 0 Å². The van der Waals surface area contributed by atoms with E-state index in [0.717, 1.165) is 24.8 Å². The van der Waals surface area contributed by atoms with Gasteiger partial charge in [0.15, 0.2) is 0 Å². The minimum Gasteiger partial charge on any atom is -0.396 e. The van der Waals surface area contributed by atoms with Gasteiger partial charge < -0.3 is 10.2 Å². The summed E-state index contributed by atoms with van der Waals surface area (Å²) in [4.78, 5) is 0. The molecule has 16 heavy (non-hydrogen) atoms. The molecule has 92 valence electrons. The Morgan fingerprint density at radius 3 is 2.62 bits per heavy atom. The van der Waals surface area contributed by atoms with Gasteiger partial charge in [0.05, 0.1) is 6.10 Å². The first kappa shape index (κ1) is 13.5. The zero-order valence-electron chi connectivity index (χ0n) is 10.4. The van der Waals surface area contributed by atoms with Crippen LogP contribution in [0.4, 0.5) is 0 Å². The molecule has 0 amide bonds. The molecule has 2 nitrogen and oxygen atoms in total. The Bertz CT molecular complexity index is 268. The van der Waals surface area contributed by atoms with Crippen molar-refractivity contribution in [2.45, 2.75) is 45.6 Å². The molecule has 1 rings (SSSR count). The number of hydrogen-bond acceptors (Lipinski definition) is 2. The Kier molecular flexibility index (Phi) is 5.23. The molecule has 1 fully saturated rings. The second-order valence-electron chi connectivity index (χ2n) is 5.02. The van der Waals surface area contributed by atoms with Gasteiger partial charge >= 0.3 is 0 Å². The predicted octanol–water partition coefficient (Wildman–Crippen LogP) is 2.67. The van der Waals surface area contributed by atoms with Gasteiger partial charge in [-0.2, -0.15) is 0 Å². The lowest BCUT2D eigenvalue weighted by molar-refractivity contribution is 0.0680. The van der Waals surface area contributed by atoms with Gasteiger partial charge in [-0.05, 0) is 39.0 Å². The smallest absolute Gasteiger partial charge is 0.0608 e. The van der Waals surface area contributed by atoms with Gasteiger partial charge in [0.1, 0.15) is 0 Å². The molecule has 1 aliphatic carbocycles. The standard InChI is InChI=1S/C14H24O2/c1-10(2)12-5-4-6-14(16)13(12)9-11(3)7-8-15/h9,12-16H,1,4-8H2,2-3H3/b11-9-/t12-,13+,14-/m1/s1. The highest BCUT2D eigenvalue weighted by Gasteiger charge is 2.30. The second-order valence-corrected chi connectivity index (χ2v) is 5.02. The summed E-state index contributed by atoms with van der Waals surface area (Å²) in [5, 5.41) is 18.9. The number of aliphatic hydroxyl groups excluding tert-OH is 2. The molecule has 2 N–H and O–H groups in total. The zero-order valence-corrected chi connectivity index (χ0v) is 10.4. The van der Waals surface area contributed by atoms with E-state index in [9.17, 15) is 5.11 Å². The summed E-state index contributed by atoms with van der Waals surface area (Å²) >= 11 is 0. The van der Waals surface area contributed by atoms with E-state index < -0.39 is 0 Å². The maximum absolute atomic E-state index is 10.1. The minimum absolute atomic E-state index is 0.183. The quantitative estimate of drug-likeness (QED) is 0.721. The summed E-state index contributed by atoms with van der Waals surface area (Å²) < 4.78 is 0. The van der Waals surface area contributed by atoms with Gasteiger partial charge in [-0.25, -0.2) is 0 Å². The molecule has 0 aromatic rings. The normalized spacial score (nSPS) is 31.5. The highest BCUT2D eigenvalue weighted by Crippen LogP contribution is 2.36. The fourth-order valence-electron chi connectivity index (χ4n) is 2.59. The van der Waals surface area contributed by atoms with Gasteiger partial charge in [-0.3, -0.25) is 0 Å². The number of allylic oxidation sites excluding steroid dienone is 1. The third-order valence-electron chi connectivity index (χ3n) is 3.54. The summed E-state index contributed by atoms with van der Waals surface area (Å²) in [5.74, 6) is 0.593. The Labute approximate surface area is 98.7 Å². The molecule has 1 aliphatic rings. The highest BCUT2D eigenvalue weighted by molar-refractivity contribution is 5.12. The SMILES string of the molecule is C=C(C)[C@H]1CCC[C@@H](O)[C@H]1/C=C(/C)CCO. The van der Waals surface area contributed by atoms with Crippen LogP contribution in [0.3, 0.4) is 0 Å². The molecule has 3 atom stereocenters. The maximum Gasteiger partial charge on any atom is 0.0608 e. The molecule has 1 saturated carbocycles. The lowest BCUT2D eigenvalue weighted by Crippen LogP contribution is -2.31. The van der Waals surface area contributed by atoms with Crippen LogP contribution in [0.25, 0.3) is 0 Å². The molecular formula is C14H24O2. The van der Waals surface area contributed by atoms with E-state index in [1.54, 1.807) is 0 Å². The maximum atomic E-state index is 10.1. The Morgan fingerprint density at radius 2 is 2.06 bits per heavy atom. The third kappa shape index (κ3) is 3.46. The molecule has 0 aromatic carbocycles. The Balaban J connectivity index is 2.77. The van der Waals surface area contributed by atoms with Crippen molar-refractivity contribution in [1.29, 1.82) is 0 Å². The van der Waals surface area contributed by atoms with Crippen LogP contribution in [0.1, 0.15) is 39.5 Å². The Hall–Kier alpha value is -0.600. The first-order valence-electron chi connectivity index (χ1n) is 6.18. The average molecular weight is 224 g/mol. The molecule has 0 saturated heterocycles. The largest absolute Gasteiger partial charge is 0.396 e. The molecule has 0 spiro atoms. The van der Waals surface area contributed by atoms with Crippen LogP contribution in [0.15, 0.2) is 23.8 Å². The van der Waals surface area contributed by atoms with Gasteiger partial charge in [0, 0.05) is 12.5 Å². The van der Waals surface area contributed by atoms with Crippen LogP contribution in [-0.2, 0) is 0 Å². The summed E-state index contributed by atoms with van der Waals surface area (Å²) in [6, 6.07) is 0. The number of rotatable bonds is 4. The molecule has 0 heterocycles. The van der Waals surface area contributed by atoms with Crippen LogP contribution in [0.5, 0.6) is 0 Å². The van der Waals surface area contributed by atoms with Crippen LogP contribution >= 0.6 is 0 Å². The van der Waals surface area contributed by atoms with E-state index >= 15 is 0 Å². The molecule has 0 aromatic heterocycles. The third-order valence-corrected chi connectivity index (χ3v) is 3.54. The van der Waals surface area contributed by atoms with Gasteiger partial charge in [-0.15, -0.1) is 0 Å². The average Bonchev–Trinajstić information content (AvgIpc) is 2.21. The summed E-state index contributed by atoms with van der Waals surface area (Å²) in [5.41, 5.74) is 2.33. The number of hydrogen-bond donors (Lipinski definition) is 2. The van der Waals surface area contributed by atoms with Crippen molar-refractivity contribution < 1.29 is 10.2 Å². The Morgan fingerprint density at radius 1 is 1.38 bits per heavy atom. The predicted molar refractivity (Wildman–Crippen MR) is 67.1 cm³/mol. The summed E-state index contributed by atoms with van der Waals surface area (Å²) in [7, 11) is 0. The molecule has 0 unspecified atom stereocenters. The summed E-state index contributed by atoms with van der Waals surface area (Å²) in [6.45, 7) is 8.28. The van der Waals surface area contributed by atoms with Crippen molar-refractivity contribution in [1.82, 2.24) is 0 Å². The lowest BCUT2D eigenvalue weighted by Gasteiger charge is -2.34. The first-order valence-corrected chi connectivity index (χ1v) is 6.18. The fourth-order valence-corrected chi connectivity index (χ4v) is 2.59. The molecule has 0 aliphatic heterocycles. The van der Waals surface area contributed by atoms with Gasteiger partial charge in [-0.1, -0.05) is 30.2 Å². The van der Waals surface area contributed by atoms with Crippen molar-refractivity contribution in [2.75, 3.05) is 6.61 Å². The van der Waals surface area contributed by atoms with Crippen LogP contribution in [0.2, 0.25) is 0 Å². The van der Waals surface area contributed by atoms with Crippen LogP contribution in [-0.4, -0.2) is 22.9 Å². The van der Waals surface area contributed by atoms with E-state index in [4.69, 9.17) is 5.11 Å². The second kappa shape index (κ2) is 6.21. The van der Waals surface area contributed by atoms with Crippen molar-refractivity contribution in [3.63, 3.8) is 0 Å². The number of aliphatic hydroxyl groups is 2. The van der Waals surface area contributed by atoms with Crippen LogP contribution in [0, 0.1) is 11.8 Å². The van der Waals surface area contributed by atoms with E-state index in [1.807, 2.05) is 13.8 Å². The monoisotopic (exact) mass is 224 g/mol. The molecule has 0 radical (unpaired) electrons. The van der Waals surface area contributed by atoms with Crippen molar-refractivity contribution in [3.05, 3.63) is 23.8 Å². The summed E-state index contributed by atoms with van der Waals surface area (Å²) in [6.07, 6.45) is 5.69. The van der Waals surface area contributed by atoms with E-state index in [0.29, 0.717) is 12.3 Å². The van der Waals surface area contributed by atoms with E-state index in [-0.39, 0.29) is 18.6 Å². The van der Waals surface area contributed by atoms with Crippen molar-refractivity contribution >= 4 is 0 Å². The molecule has 2 heteroatoms. The topological polar surface area (TPSA) is 40.5 Å². The zero-order chi connectivity index (χ0) is 12.1. The van der Waals surface area contributed by atoms with Crippen molar-refractivity contribution in [3.8, 4) is 0 Å². The van der Waals surface area contributed by atoms with E-state index in [2.05, 4.69) is 12.7 Å². The first-order chi connectivity index (χ1) is 7.56.